The number of halogens is 2. The van der Waals surface area contributed by atoms with Crippen molar-refractivity contribution in [1.29, 1.82) is 0 Å². The number of hydrogen-bond acceptors (Lipinski definition) is 5. The van der Waals surface area contributed by atoms with Gasteiger partial charge in [0, 0.05) is 22.0 Å². The Hall–Kier alpha value is -2.87. The van der Waals surface area contributed by atoms with E-state index in [2.05, 4.69) is 4.74 Å². The minimum absolute atomic E-state index is 0.0942. The lowest BCUT2D eigenvalue weighted by molar-refractivity contribution is -0.142. The van der Waals surface area contributed by atoms with E-state index in [4.69, 9.17) is 11.6 Å². The average Bonchev–Trinajstić information content (AvgIpc) is 2.63. The molecule has 0 amide bonds. The fraction of sp³-hybridized carbons (Fsp3) is 0.381. The summed E-state index contributed by atoms with van der Waals surface area (Å²) < 4.78 is 19.8. The molecule has 2 rings (SSSR count). The maximum atomic E-state index is 15.1. The van der Waals surface area contributed by atoms with Crippen molar-refractivity contribution in [3.05, 3.63) is 57.1 Å². The third-order valence-corrected chi connectivity index (χ3v) is 5.80. The van der Waals surface area contributed by atoms with Gasteiger partial charge in [0.1, 0.15) is 12.4 Å². The van der Waals surface area contributed by atoms with E-state index in [1.54, 1.807) is 13.8 Å². The molecular formula is C21H23ClFNO6. The van der Waals surface area contributed by atoms with Gasteiger partial charge in [-0.2, -0.15) is 0 Å². The first-order chi connectivity index (χ1) is 13.9. The van der Waals surface area contributed by atoms with Crippen LogP contribution in [0, 0.1) is 11.7 Å². The molecule has 1 aromatic carbocycles. The molecule has 0 bridgehead atoms. The van der Waals surface area contributed by atoms with Gasteiger partial charge >= 0.3 is 17.9 Å². The van der Waals surface area contributed by atoms with Crippen LogP contribution in [0.25, 0.3) is 0 Å². The van der Waals surface area contributed by atoms with E-state index in [-0.39, 0.29) is 33.1 Å². The Bertz CT molecular complexity index is 923. The molecule has 2 N–H and O–H groups in total. The van der Waals surface area contributed by atoms with Crippen LogP contribution in [-0.2, 0) is 24.5 Å². The van der Waals surface area contributed by atoms with E-state index in [1.807, 2.05) is 0 Å². The molecule has 162 valence electrons. The van der Waals surface area contributed by atoms with Crippen LogP contribution in [0.4, 0.5) is 4.39 Å². The van der Waals surface area contributed by atoms with Crippen molar-refractivity contribution in [1.82, 2.24) is 4.90 Å². The molecule has 7 nitrogen and oxygen atoms in total. The van der Waals surface area contributed by atoms with Crippen molar-refractivity contribution < 1.29 is 33.7 Å². The molecule has 1 aliphatic heterocycles. The summed E-state index contributed by atoms with van der Waals surface area (Å²) in [5, 5.41) is 20.2. The van der Waals surface area contributed by atoms with E-state index in [0.29, 0.717) is 0 Å². The average molecular weight is 440 g/mol. The Kier molecular flexibility index (Phi) is 6.61. The van der Waals surface area contributed by atoms with Gasteiger partial charge in [-0.3, -0.25) is 4.79 Å². The molecule has 0 aliphatic carbocycles. The fourth-order valence-electron chi connectivity index (χ4n) is 4.29. The van der Waals surface area contributed by atoms with Gasteiger partial charge < -0.3 is 19.8 Å². The molecule has 0 radical (unpaired) electrons. The van der Waals surface area contributed by atoms with Gasteiger partial charge in [-0.1, -0.05) is 31.5 Å². The second kappa shape index (κ2) is 8.47. The van der Waals surface area contributed by atoms with Crippen molar-refractivity contribution >= 4 is 29.5 Å². The topological polar surface area (TPSA) is 104 Å². The number of hydrogen-bond donors (Lipinski definition) is 2. The summed E-state index contributed by atoms with van der Waals surface area (Å²) in [6.07, 6.45) is 0. The second-order valence-electron chi connectivity index (χ2n) is 7.25. The summed E-state index contributed by atoms with van der Waals surface area (Å²) in [7, 11) is 1.16. The second-order valence-corrected chi connectivity index (χ2v) is 7.66. The highest BCUT2D eigenvalue weighted by Crippen LogP contribution is 2.54. The molecule has 1 heterocycles. The van der Waals surface area contributed by atoms with E-state index < -0.39 is 41.6 Å². The minimum Gasteiger partial charge on any atom is -0.478 e. The number of carboxylic acids is 2. The van der Waals surface area contributed by atoms with E-state index in [0.717, 1.165) is 13.2 Å². The zero-order chi connectivity index (χ0) is 23.0. The highest BCUT2D eigenvalue weighted by Gasteiger charge is 2.55. The molecule has 0 unspecified atom stereocenters. The number of aliphatic carboxylic acids is 2. The SMILES string of the molecule is COC(=O)CN1C(C)=C(C(=O)O)C(c2c(F)cccc2Cl)(C(C)C)C(C(=O)O)=C1C. The number of rotatable bonds is 6. The fourth-order valence-corrected chi connectivity index (χ4v) is 4.60. The zero-order valence-corrected chi connectivity index (χ0v) is 18.0. The standard InChI is InChI=1S/C21H23ClFNO6/c1-10(2)21(18-13(22)7-6-8-14(18)23)16(19(26)27)11(3)24(9-15(25)30-5)12(4)17(21)20(28)29/h6-8,10H,9H2,1-5H3,(H,26,27)(H,28,29). The maximum absolute atomic E-state index is 15.1. The van der Waals surface area contributed by atoms with Gasteiger partial charge in [0.15, 0.2) is 0 Å². The molecule has 1 aromatic rings. The number of ether oxygens (including phenoxy) is 1. The molecule has 0 atom stereocenters. The highest BCUT2D eigenvalue weighted by atomic mass is 35.5. The van der Waals surface area contributed by atoms with Crippen LogP contribution < -0.4 is 0 Å². The molecule has 9 heteroatoms. The number of methoxy groups -OCH3 is 1. The lowest BCUT2D eigenvalue weighted by Gasteiger charge is -2.47. The molecule has 0 aromatic heterocycles. The number of allylic oxidation sites excluding steroid dienone is 2. The summed E-state index contributed by atoms with van der Waals surface area (Å²) >= 11 is 6.32. The number of carbonyl (C=O) groups excluding carboxylic acids is 1. The summed E-state index contributed by atoms with van der Waals surface area (Å²) in [5.74, 6) is -5.11. The first-order valence-corrected chi connectivity index (χ1v) is 9.48. The predicted octanol–water partition coefficient (Wildman–Crippen LogP) is 3.58. The maximum Gasteiger partial charge on any atom is 0.334 e. The number of carbonyl (C=O) groups is 3. The van der Waals surface area contributed by atoms with Gasteiger partial charge in [0.2, 0.25) is 0 Å². The van der Waals surface area contributed by atoms with E-state index >= 15 is 4.39 Å². The number of esters is 1. The van der Waals surface area contributed by atoms with E-state index in [9.17, 15) is 24.6 Å². The molecular weight excluding hydrogens is 417 g/mol. The highest BCUT2D eigenvalue weighted by molar-refractivity contribution is 6.31. The van der Waals surface area contributed by atoms with Crippen LogP contribution in [-0.4, -0.2) is 46.7 Å². The van der Waals surface area contributed by atoms with Crippen LogP contribution in [0.3, 0.4) is 0 Å². The summed E-state index contributed by atoms with van der Waals surface area (Å²) in [4.78, 5) is 38.1. The van der Waals surface area contributed by atoms with Crippen LogP contribution in [0.1, 0.15) is 33.3 Å². The number of carboxylic acid groups (broad SMARTS) is 2. The van der Waals surface area contributed by atoms with Crippen molar-refractivity contribution in [2.75, 3.05) is 13.7 Å². The van der Waals surface area contributed by atoms with Gasteiger partial charge in [-0.05, 0) is 31.9 Å². The summed E-state index contributed by atoms with van der Waals surface area (Å²) in [6.45, 7) is 5.69. The monoisotopic (exact) mass is 439 g/mol. The number of nitrogens with zero attached hydrogens (tertiary/aromatic N) is 1. The van der Waals surface area contributed by atoms with E-state index in [1.165, 1.54) is 30.9 Å². The van der Waals surface area contributed by atoms with Crippen molar-refractivity contribution in [3.8, 4) is 0 Å². The third kappa shape index (κ3) is 3.45. The predicted molar refractivity (Wildman–Crippen MR) is 107 cm³/mol. The molecule has 30 heavy (non-hydrogen) atoms. The molecule has 0 saturated carbocycles. The van der Waals surface area contributed by atoms with Crippen molar-refractivity contribution in [2.24, 2.45) is 5.92 Å². The Morgan fingerprint density at radius 3 is 2.00 bits per heavy atom. The molecule has 0 spiro atoms. The quantitative estimate of drug-likeness (QED) is 0.653. The molecule has 1 aliphatic rings. The Labute approximate surface area is 178 Å². The largest absolute Gasteiger partial charge is 0.478 e. The van der Waals surface area contributed by atoms with Crippen LogP contribution in [0.15, 0.2) is 40.7 Å². The molecule has 0 fully saturated rings. The Morgan fingerprint density at radius 2 is 1.63 bits per heavy atom. The van der Waals surface area contributed by atoms with Crippen LogP contribution in [0.5, 0.6) is 0 Å². The molecule has 0 saturated heterocycles. The number of benzene rings is 1. The lowest BCUT2D eigenvalue weighted by atomic mass is 9.59. The summed E-state index contributed by atoms with van der Waals surface area (Å²) in [5.41, 5.74) is -2.66. The minimum atomic E-state index is -1.90. The smallest absolute Gasteiger partial charge is 0.334 e. The summed E-state index contributed by atoms with van der Waals surface area (Å²) in [6, 6.07) is 3.85. The Morgan fingerprint density at radius 1 is 1.13 bits per heavy atom. The zero-order valence-electron chi connectivity index (χ0n) is 17.2. The third-order valence-electron chi connectivity index (χ3n) is 5.49. The lowest BCUT2D eigenvalue weighted by Crippen LogP contribution is -2.50. The van der Waals surface area contributed by atoms with Crippen molar-refractivity contribution in [2.45, 2.75) is 33.1 Å². The first-order valence-electron chi connectivity index (χ1n) is 9.10. The van der Waals surface area contributed by atoms with Gasteiger partial charge in [-0.15, -0.1) is 0 Å². The van der Waals surface area contributed by atoms with Gasteiger partial charge in [-0.25, -0.2) is 14.0 Å². The van der Waals surface area contributed by atoms with Gasteiger partial charge in [0.05, 0.1) is 23.7 Å². The Balaban J connectivity index is 3.10. The normalized spacial score (nSPS) is 16.2. The first kappa shape index (κ1) is 23.4. The van der Waals surface area contributed by atoms with Crippen LogP contribution in [0.2, 0.25) is 5.02 Å². The van der Waals surface area contributed by atoms with Crippen LogP contribution >= 0.6 is 11.6 Å². The van der Waals surface area contributed by atoms with Crippen molar-refractivity contribution in [3.63, 3.8) is 0 Å². The van der Waals surface area contributed by atoms with Gasteiger partial charge in [0.25, 0.3) is 0 Å².